The number of rotatable bonds is 4. The minimum Gasteiger partial charge on any atom is -0.312 e. The fourth-order valence-corrected chi connectivity index (χ4v) is 3.52. The second-order valence-electron chi connectivity index (χ2n) is 5.55. The average Bonchev–Trinajstić information content (AvgIpc) is 3.13. The summed E-state index contributed by atoms with van der Waals surface area (Å²) in [6.45, 7) is 4.13. The zero-order valence-electron chi connectivity index (χ0n) is 13.1. The number of nitrogens with zero attached hydrogens (tertiary/aromatic N) is 3. The van der Waals surface area contributed by atoms with E-state index in [0.717, 1.165) is 17.1 Å². The van der Waals surface area contributed by atoms with E-state index in [-0.39, 0.29) is 17.7 Å². The molecular weight excluding hydrogens is 312 g/mol. The van der Waals surface area contributed by atoms with E-state index in [9.17, 15) is 9.59 Å². The molecule has 1 aromatic carbocycles. The number of anilines is 2. The van der Waals surface area contributed by atoms with Crippen molar-refractivity contribution in [3.63, 3.8) is 0 Å². The highest BCUT2D eigenvalue weighted by Gasteiger charge is 2.33. The molecule has 0 spiro atoms. The van der Waals surface area contributed by atoms with E-state index >= 15 is 0 Å². The topological polar surface area (TPSA) is 75.2 Å². The van der Waals surface area contributed by atoms with Gasteiger partial charge in [-0.3, -0.25) is 9.59 Å². The van der Waals surface area contributed by atoms with Crippen molar-refractivity contribution in [2.24, 2.45) is 0 Å². The fourth-order valence-electron chi connectivity index (χ4n) is 2.63. The Morgan fingerprint density at radius 1 is 1.35 bits per heavy atom. The van der Waals surface area contributed by atoms with E-state index in [4.69, 9.17) is 0 Å². The maximum absolute atomic E-state index is 12.3. The lowest BCUT2D eigenvalue weighted by molar-refractivity contribution is -0.117. The largest absolute Gasteiger partial charge is 0.312 e. The molecule has 1 aliphatic rings. The van der Waals surface area contributed by atoms with Gasteiger partial charge in [-0.05, 0) is 24.1 Å². The van der Waals surface area contributed by atoms with E-state index in [0.29, 0.717) is 18.1 Å². The van der Waals surface area contributed by atoms with Crippen LogP contribution in [0.2, 0.25) is 0 Å². The number of hydrogen-bond acceptors (Lipinski definition) is 5. The van der Waals surface area contributed by atoms with Gasteiger partial charge in [0.1, 0.15) is 5.01 Å². The van der Waals surface area contributed by atoms with Crippen LogP contribution in [-0.2, 0) is 16.0 Å². The molecule has 1 fully saturated rings. The summed E-state index contributed by atoms with van der Waals surface area (Å²) in [4.78, 5) is 25.2. The van der Waals surface area contributed by atoms with Crippen molar-refractivity contribution in [1.29, 1.82) is 0 Å². The maximum atomic E-state index is 12.3. The van der Waals surface area contributed by atoms with Crippen LogP contribution >= 0.6 is 11.3 Å². The Kier molecular flexibility index (Phi) is 4.38. The van der Waals surface area contributed by atoms with E-state index < -0.39 is 0 Å². The van der Waals surface area contributed by atoms with Gasteiger partial charge in [0.25, 0.3) is 0 Å². The second-order valence-corrected chi connectivity index (χ2v) is 6.56. The molecule has 0 saturated carbocycles. The van der Waals surface area contributed by atoms with Crippen LogP contribution < -0.4 is 10.2 Å². The van der Waals surface area contributed by atoms with Gasteiger partial charge in [0.05, 0.1) is 0 Å². The summed E-state index contributed by atoms with van der Waals surface area (Å²) in [5, 5.41) is 12.0. The third-order valence-electron chi connectivity index (χ3n) is 3.85. The summed E-state index contributed by atoms with van der Waals surface area (Å²) in [7, 11) is 0. The Bertz CT molecular complexity index is 726. The SMILES string of the molecule is CCc1ccc(N2C[C@H](c3nnc(NC(C)=O)s3)CC2=O)cc1. The van der Waals surface area contributed by atoms with E-state index in [2.05, 4.69) is 34.6 Å². The van der Waals surface area contributed by atoms with Crippen molar-refractivity contribution < 1.29 is 9.59 Å². The number of amides is 2. The first kappa shape index (κ1) is 15.6. The van der Waals surface area contributed by atoms with Crippen LogP contribution in [0.25, 0.3) is 0 Å². The molecule has 0 unspecified atom stereocenters. The van der Waals surface area contributed by atoms with Crippen LogP contribution in [0.15, 0.2) is 24.3 Å². The van der Waals surface area contributed by atoms with E-state index in [1.807, 2.05) is 12.1 Å². The molecule has 2 aromatic rings. The molecule has 2 heterocycles. The van der Waals surface area contributed by atoms with Gasteiger partial charge < -0.3 is 10.2 Å². The number of aryl methyl sites for hydroxylation is 1. The third-order valence-corrected chi connectivity index (χ3v) is 4.86. The number of nitrogens with one attached hydrogen (secondary N) is 1. The quantitative estimate of drug-likeness (QED) is 0.935. The summed E-state index contributed by atoms with van der Waals surface area (Å²) < 4.78 is 0. The highest BCUT2D eigenvalue weighted by molar-refractivity contribution is 7.15. The standard InChI is InChI=1S/C16H18N4O2S/c1-3-11-4-6-13(7-5-11)20-9-12(8-14(20)22)15-18-19-16(23-15)17-10(2)21/h4-7,12H,3,8-9H2,1-2H3,(H,17,19,21)/t12-/m1/s1. The Morgan fingerprint density at radius 2 is 2.09 bits per heavy atom. The number of carbonyl (C=O) groups excluding carboxylic acids is 2. The molecule has 0 aliphatic carbocycles. The Balaban J connectivity index is 1.73. The van der Waals surface area contributed by atoms with Crippen LogP contribution in [0.4, 0.5) is 10.8 Å². The first-order valence-corrected chi connectivity index (χ1v) is 8.38. The predicted octanol–water partition coefficient (Wildman–Crippen LogP) is 2.58. The van der Waals surface area contributed by atoms with Crippen LogP contribution in [0.1, 0.15) is 36.8 Å². The summed E-state index contributed by atoms with van der Waals surface area (Å²) in [5.41, 5.74) is 2.17. The molecule has 120 valence electrons. The minimum atomic E-state index is -0.173. The van der Waals surface area contributed by atoms with Crippen molar-refractivity contribution in [3.8, 4) is 0 Å². The average molecular weight is 330 g/mol. The fraction of sp³-hybridized carbons (Fsp3) is 0.375. The van der Waals surface area contributed by atoms with E-state index in [1.54, 1.807) is 4.90 Å². The molecular formula is C16H18N4O2S. The summed E-state index contributed by atoms with van der Waals surface area (Å²) in [6, 6.07) is 8.08. The molecule has 1 saturated heterocycles. The van der Waals surface area contributed by atoms with Crippen LogP contribution in [-0.4, -0.2) is 28.6 Å². The molecule has 1 N–H and O–H groups in total. The van der Waals surface area contributed by atoms with Gasteiger partial charge in [0, 0.05) is 31.5 Å². The van der Waals surface area contributed by atoms with Crippen molar-refractivity contribution >= 4 is 34.0 Å². The monoisotopic (exact) mass is 330 g/mol. The van der Waals surface area contributed by atoms with Gasteiger partial charge in [0.2, 0.25) is 16.9 Å². The van der Waals surface area contributed by atoms with Crippen LogP contribution in [0.3, 0.4) is 0 Å². The molecule has 0 radical (unpaired) electrons. The third kappa shape index (κ3) is 3.39. The lowest BCUT2D eigenvalue weighted by Gasteiger charge is -2.16. The highest BCUT2D eigenvalue weighted by Crippen LogP contribution is 2.34. The molecule has 1 atom stereocenters. The minimum absolute atomic E-state index is 0.0216. The molecule has 2 amide bonds. The zero-order chi connectivity index (χ0) is 16.4. The van der Waals surface area contributed by atoms with Crippen molar-refractivity contribution in [2.45, 2.75) is 32.6 Å². The number of hydrogen-bond donors (Lipinski definition) is 1. The Morgan fingerprint density at radius 3 is 2.74 bits per heavy atom. The lowest BCUT2D eigenvalue weighted by atomic mass is 10.1. The molecule has 7 heteroatoms. The van der Waals surface area contributed by atoms with Gasteiger partial charge in [-0.2, -0.15) is 0 Å². The van der Waals surface area contributed by atoms with Gasteiger partial charge >= 0.3 is 0 Å². The number of carbonyl (C=O) groups is 2. The smallest absolute Gasteiger partial charge is 0.227 e. The summed E-state index contributed by atoms with van der Waals surface area (Å²) >= 11 is 1.33. The predicted molar refractivity (Wildman–Crippen MR) is 89.7 cm³/mol. The zero-order valence-corrected chi connectivity index (χ0v) is 13.9. The Hall–Kier alpha value is -2.28. The lowest BCUT2D eigenvalue weighted by Crippen LogP contribution is -2.24. The first-order valence-electron chi connectivity index (χ1n) is 7.57. The van der Waals surface area contributed by atoms with Crippen LogP contribution in [0, 0.1) is 0 Å². The summed E-state index contributed by atoms with van der Waals surface area (Å²) in [5.74, 6) is -0.0586. The highest BCUT2D eigenvalue weighted by atomic mass is 32.1. The molecule has 3 rings (SSSR count). The Labute approximate surface area is 138 Å². The molecule has 0 bridgehead atoms. The van der Waals surface area contributed by atoms with Crippen molar-refractivity contribution in [1.82, 2.24) is 10.2 Å². The first-order chi connectivity index (χ1) is 11.1. The summed E-state index contributed by atoms with van der Waals surface area (Å²) in [6.07, 6.45) is 1.40. The molecule has 23 heavy (non-hydrogen) atoms. The normalized spacial score (nSPS) is 17.6. The number of benzene rings is 1. The van der Waals surface area contributed by atoms with Gasteiger partial charge in [0.15, 0.2) is 0 Å². The van der Waals surface area contributed by atoms with Gasteiger partial charge in [-0.25, -0.2) is 0 Å². The van der Waals surface area contributed by atoms with Gasteiger partial charge in [-0.1, -0.05) is 30.4 Å². The van der Waals surface area contributed by atoms with Crippen LogP contribution in [0.5, 0.6) is 0 Å². The molecule has 1 aromatic heterocycles. The molecule has 6 nitrogen and oxygen atoms in total. The molecule has 1 aliphatic heterocycles. The van der Waals surface area contributed by atoms with Crippen molar-refractivity contribution in [3.05, 3.63) is 34.8 Å². The van der Waals surface area contributed by atoms with Crippen molar-refractivity contribution in [2.75, 3.05) is 16.8 Å². The maximum Gasteiger partial charge on any atom is 0.227 e. The van der Waals surface area contributed by atoms with Gasteiger partial charge in [-0.15, -0.1) is 10.2 Å². The number of aromatic nitrogens is 2. The van der Waals surface area contributed by atoms with E-state index in [1.165, 1.54) is 23.8 Å². The second kappa shape index (κ2) is 6.45.